The Hall–Kier alpha value is -3.51. The summed E-state index contributed by atoms with van der Waals surface area (Å²) in [7, 11) is 1.46. The number of fused-ring (bicyclic) bond motifs is 2. The monoisotopic (exact) mass is 545 g/mol. The van der Waals surface area contributed by atoms with Crippen molar-refractivity contribution >= 4 is 29.5 Å². The zero-order chi connectivity index (χ0) is 28.7. The molecule has 2 saturated heterocycles. The molecule has 0 aliphatic carbocycles. The van der Waals surface area contributed by atoms with E-state index in [0.717, 1.165) is 5.56 Å². The van der Waals surface area contributed by atoms with E-state index in [4.69, 9.17) is 4.74 Å². The number of hydrogen-bond donors (Lipinski definition) is 4. The highest BCUT2D eigenvalue weighted by atomic mass is 16.5. The highest BCUT2D eigenvalue weighted by molar-refractivity contribution is 5.93. The summed E-state index contributed by atoms with van der Waals surface area (Å²) in [5.41, 5.74) is 0.798. The minimum Gasteiger partial charge on any atom is -0.384 e. The summed E-state index contributed by atoms with van der Waals surface area (Å²) in [6.07, 6.45) is -2.65. The van der Waals surface area contributed by atoms with Crippen LogP contribution < -0.4 is 16.0 Å². The first-order valence-corrected chi connectivity index (χ1v) is 13.2. The van der Waals surface area contributed by atoms with Gasteiger partial charge < -0.3 is 35.6 Å². The van der Waals surface area contributed by atoms with Crippen LogP contribution in [0.4, 0.5) is 0 Å². The lowest BCUT2D eigenvalue weighted by Gasteiger charge is -2.38. The van der Waals surface area contributed by atoms with Crippen molar-refractivity contribution in [2.24, 2.45) is 5.92 Å². The molecule has 0 aromatic heterocycles. The largest absolute Gasteiger partial charge is 0.384 e. The number of rotatable bonds is 5. The molecular weight excluding hydrogens is 506 g/mol. The number of nitrogens with zero attached hydrogens (tertiary/aromatic N) is 2. The van der Waals surface area contributed by atoms with E-state index in [1.165, 1.54) is 23.8 Å². The van der Waals surface area contributed by atoms with Crippen molar-refractivity contribution in [1.29, 1.82) is 0 Å². The molecular formula is C27H39N5O7. The highest BCUT2D eigenvalue weighted by Gasteiger charge is 2.38. The molecule has 2 aliphatic rings. The molecule has 4 N–H and O–H groups in total. The number of carbonyl (C=O) groups excluding carboxylic acids is 5. The number of aliphatic hydroxyl groups excluding tert-OH is 1. The highest BCUT2D eigenvalue weighted by Crippen LogP contribution is 2.15. The van der Waals surface area contributed by atoms with Gasteiger partial charge in [0.1, 0.15) is 18.2 Å². The third-order valence-corrected chi connectivity index (χ3v) is 6.65. The maximum Gasteiger partial charge on any atom is 0.251 e. The topological polar surface area (TPSA) is 157 Å². The van der Waals surface area contributed by atoms with Gasteiger partial charge in [-0.1, -0.05) is 44.2 Å². The van der Waals surface area contributed by atoms with Gasteiger partial charge in [-0.2, -0.15) is 0 Å². The van der Waals surface area contributed by atoms with Gasteiger partial charge in [0.15, 0.2) is 6.10 Å². The predicted octanol–water partition coefficient (Wildman–Crippen LogP) is -1.19. The fourth-order valence-corrected chi connectivity index (χ4v) is 4.69. The van der Waals surface area contributed by atoms with E-state index < -0.39 is 59.9 Å². The molecule has 0 spiro atoms. The number of benzene rings is 1. The van der Waals surface area contributed by atoms with Crippen molar-refractivity contribution < 1.29 is 33.8 Å². The standard InChI is InChI=1S/C27H39N5O7/c1-16(2)10-20-24(35)28-12-19-13-32(26(37)17(3)33)14-22(39-19)25(36)30-21(11-18-8-6-5-7-9-18)27(38)31(4)15-23(34)29-20/h5-9,16-17,19-22,33H,10-15H2,1-4H3,(H,28,35)(H,29,34)(H,30,36)/t17-,19-,20+,21-,22-/m1/s1. The Balaban J connectivity index is 1.94. The summed E-state index contributed by atoms with van der Waals surface area (Å²) >= 11 is 0. The minimum atomic E-state index is -1.29. The lowest BCUT2D eigenvalue weighted by molar-refractivity contribution is -0.161. The van der Waals surface area contributed by atoms with Crippen LogP contribution in [0.25, 0.3) is 0 Å². The molecule has 0 saturated carbocycles. The van der Waals surface area contributed by atoms with E-state index >= 15 is 0 Å². The van der Waals surface area contributed by atoms with E-state index in [-0.39, 0.29) is 38.5 Å². The Bertz CT molecular complexity index is 1050. The van der Waals surface area contributed by atoms with Crippen molar-refractivity contribution in [1.82, 2.24) is 25.8 Å². The maximum atomic E-state index is 13.5. The first kappa shape index (κ1) is 30.0. The van der Waals surface area contributed by atoms with Gasteiger partial charge in [-0.15, -0.1) is 0 Å². The van der Waals surface area contributed by atoms with Gasteiger partial charge in [0.05, 0.1) is 19.2 Å². The van der Waals surface area contributed by atoms with Crippen LogP contribution in [-0.4, -0.2) is 108 Å². The van der Waals surface area contributed by atoms with Crippen LogP contribution in [0.2, 0.25) is 0 Å². The summed E-state index contributed by atoms with van der Waals surface area (Å²) in [5.74, 6) is -2.54. The fraction of sp³-hybridized carbons (Fsp3) is 0.593. The van der Waals surface area contributed by atoms with Gasteiger partial charge in [-0.25, -0.2) is 0 Å². The summed E-state index contributed by atoms with van der Waals surface area (Å²) in [5, 5.41) is 18.1. The van der Waals surface area contributed by atoms with Crippen LogP contribution in [-0.2, 0) is 35.1 Å². The van der Waals surface area contributed by atoms with E-state index in [1.54, 1.807) is 0 Å². The van der Waals surface area contributed by atoms with E-state index in [0.29, 0.717) is 6.42 Å². The maximum absolute atomic E-state index is 13.5. The van der Waals surface area contributed by atoms with Crippen LogP contribution in [0.3, 0.4) is 0 Å². The third kappa shape index (κ3) is 8.49. The SMILES string of the molecule is CC(C)C[C@@H]1NC(=O)CN(C)C(=O)[C@@H](Cc2ccccc2)NC(=O)[C@H]2CN(C(=O)[C@@H](C)O)C[C@@H](CNC1=O)O2. The van der Waals surface area contributed by atoms with Crippen LogP contribution >= 0.6 is 0 Å². The van der Waals surface area contributed by atoms with Crippen molar-refractivity contribution in [2.45, 2.75) is 64.0 Å². The molecule has 2 bridgehead atoms. The van der Waals surface area contributed by atoms with E-state index in [9.17, 15) is 29.1 Å². The Labute approximate surface area is 228 Å². The Morgan fingerprint density at radius 1 is 1.03 bits per heavy atom. The molecule has 0 unspecified atom stereocenters. The van der Waals surface area contributed by atoms with E-state index in [2.05, 4.69) is 16.0 Å². The second-order valence-corrected chi connectivity index (χ2v) is 10.6. The van der Waals surface area contributed by atoms with Gasteiger partial charge in [-0.05, 0) is 24.8 Å². The smallest absolute Gasteiger partial charge is 0.251 e. The number of ether oxygens (including phenoxy) is 1. The van der Waals surface area contributed by atoms with Gasteiger partial charge in [0.25, 0.3) is 11.8 Å². The second-order valence-electron chi connectivity index (χ2n) is 10.6. The summed E-state index contributed by atoms with van der Waals surface area (Å²) in [6, 6.07) is 7.26. The van der Waals surface area contributed by atoms with Crippen LogP contribution in [0.15, 0.2) is 30.3 Å². The number of carbonyl (C=O) groups is 5. The molecule has 2 heterocycles. The summed E-state index contributed by atoms with van der Waals surface area (Å²) in [6.45, 7) is 4.77. The number of nitrogens with one attached hydrogen (secondary N) is 3. The molecule has 2 aliphatic heterocycles. The van der Waals surface area contributed by atoms with Gasteiger partial charge in [-0.3, -0.25) is 24.0 Å². The van der Waals surface area contributed by atoms with Crippen molar-refractivity contribution in [2.75, 3.05) is 33.2 Å². The first-order valence-electron chi connectivity index (χ1n) is 13.2. The van der Waals surface area contributed by atoms with Gasteiger partial charge in [0.2, 0.25) is 17.7 Å². The number of morpholine rings is 1. The minimum absolute atomic E-state index is 0.0249. The quantitative estimate of drug-likeness (QED) is 0.362. The average molecular weight is 546 g/mol. The third-order valence-electron chi connectivity index (χ3n) is 6.65. The van der Waals surface area contributed by atoms with Gasteiger partial charge in [0, 0.05) is 26.6 Å². The molecule has 5 atom stereocenters. The number of hydrogen-bond acceptors (Lipinski definition) is 7. The molecule has 1 aromatic rings. The zero-order valence-corrected chi connectivity index (χ0v) is 22.9. The molecule has 0 radical (unpaired) electrons. The van der Waals surface area contributed by atoms with Crippen molar-refractivity contribution in [3.05, 3.63) is 35.9 Å². The summed E-state index contributed by atoms with van der Waals surface area (Å²) < 4.78 is 5.97. The van der Waals surface area contributed by atoms with Crippen LogP contribution in [0.5, 0.6) is 0 Å². The normalized spacial score (nSPS) is 26.2. The Kier molecular flexibility index (Phi) is 10.4. The molecule has 3 rings (SSSR count). The number of likely N-dealkylation sites (N-methyl/N-ethyl adjacent to an activating group) is 1. The molecule has 1 aromatic carbocycles. The average Bonchev–Trinajstić information content (AvgIpc) is 2.89. The number of amides is 5. The first-order chi connectivity index (χ1) is 18.4. The second kappa shape index (κ2) is 13.5. The molecule has 12 nitrogen and oxygen atoms in total. The lowest BCUT2D eigenvalue weighted by Crippen LogP contribution is -2.60. The number of aliphatic hydroxyl groups is 1. The lowest BCUT2D eigenvalue weighted by atomic mass is 10.0. The van der Waals surface area contributed by atoms with Crippen molar-refractivity contribution in [3.8, 4) is 0 Å². The van der Waals surface area contributed by atoms with Crippen molar-refractivity contribution in [3.63, 3.8) is 0 Å². The Morgan fingerprint density at radius 3 is 2.36 bits per heavy atom. The van der Waals surface area contributed by atoms with Crippen LogP contribution in [0, 0.1) is 5.92 Å². The van der Waals surface area contributed by atoms with E-state index in [1.807, 2.05) is 44.2 Å². The van der Waals surface area contributed by atoms with Crippen LogP contribution in [0.1, 0.15) is 32.8 Å². The molecule has 12 heteroatoms. The molecule has 214 valence electrons. The Morgan fingerprint density at radius 2 is 1.72 bits per heavy atom. The summed E-state index contributed by atoms with van der Waals surface area (Å²) in [4.78, 5) is 67.9. The van der Waals surface area contributed by atoms with Gasteiger partial charge >= 0.3 is 0 Å². The molecule has 39 heavy (non-hydrogen) atoms. The molecule has 5 amide bonds. The fourth-order valence-electron chi connectivity index (χ4n) is 4.69. The predicted molar refractivity (Wildman–Crippen MR) is 141 cm³/mol. The molecule has 2 fully saturated rings. The zero-order valence-electron chi connectivity index (χ0n) is 22.9.